The molecular weight excluding hydrogens is 334 g/mol. The van der Waals surface area contributed by atoms with Crippen molar-refractivity contribution in [3.63, 3.8) is 0 Å². The van der Waals surface area contributed by atoms with Crippen molar-refractivity contribution >= 4 is 32.7 Å². The van der Waals surface area contributed by atoms with Crippen molar-refractivity contribution in [2.45, 2.75) is 33.4 Å². The van der Waals surface area contributed by atoms with Gasteiger partial charge in [0, 0.05) is 10.5 Å². The number of halogens is 1. The molecule has 2 rings (SSSR count). The smallest absolute Gasteiger partial charge is 0.261 e. The molecule has 0 saturated heterocycles. The van der Waals surface area contributed by atoms with Crippen LogP contribution in [0.15, 0.2) is 33.8 Å². The molecule has 112 valence electrons. The molecule has 0 spiro atoms. The fourth-order valence-electron chi connectivity index (χ4n) is 1.87. The zero-order valence-electron chi connectivity index (χ0n) is 12.3. The summed E-state index contributed by atoms with van der Waals surface area (Å²) in [6, 6.07) is 5.34. The minimum atomic E-state index is -0.208. The Kier molecular flexibility index (Phi) is 4.77. The summed E-state index contributed by atoms with van der Waals surface area (Å²) >= 11 is 3.34. The van der Waals surface area contributed by atoms with E-state index in [9.17, 15) is 9.59 Å². The standard InChI is InChI=1S/C15H18BrN3O2/c1-9(2)10(3)18-14(20)7-19-8-17-13-6-11(16)4-5-12(13)15(19)21/h4-6,8-10H,7H2,1-3H3,(H,18,20). The van der Waals surface area contributed by atoms with Crippen molar-refractivity contribution in [2.75, 3.05) is 0 Å². The summed E-state index contributed by atoms with van der Waals surface area (Å²) < 4.78 is 2.20. The van der Waals surface area contributed by atoms with Crippen LogP contribution in [0.5, 0.6) is 0 Å². The number of carbonyl (C=O) groups excluding carboxylic acids is 1. The van der Waals surface area contributed by atoms with Gasteiger partial charge in [0.2, 0.25) is 5.91 Å². The van der Waals surface area contributed by atoms with Gasteiger partial charge in [-0.1, -0.05) is 29.8 Å². The van der Waals surface area contributed by atoms with Gasteiger partial charge in [-0.25, -0.2) is 4.98 Å². The van der Waals surface area contributed by atoms with Crippen molar-refractivity contribution in [1.29, 1.82) is 0 Å². The molecule has 0 aliphatic rings. The van der Waals surface area contributed by atoms with Gasteiger partial charge in [0.25, 0.3) is 5.56 Å². The van der Waals surface area contributed by atoms with Crippen LogP contribution >= 0.6 is 15.9 Å². The van der Waals surface area contributed by atoms with Gasteiger partial charge in [0.05, 0.1) is 17.2 Å². The molecule has 2 aromatic rings. The normalized spacial score (nSPS) is 12.6. The van der Waals surface area contributed by atoms with Crippen LogP contribution in [0.4, 0.5) is 0 Å². The molecule has 0 aliphatic heterocycles. The maximum atomic E-state index is 12.3. The van der Waals surface area contributed by atoms with Gasteiger partial charge in [-0.3, -0.25) is 14.2 Å². The fourth-order valence-corrected chi connectivity index (χ4v) is 2.21. The van der Waals surface area contributed by atoms with Crippen molar-refractivity contribution < 1.29 is 4.79 Å². The maximum Gasteiger partial charge on any atom is 0.261 e. The Morgan fingerprint density at radius 3 is 2.76 bits per heavy atom. The lowest BCUT2D eigenvalue weighted by atomic mass is 10.1. The first-order valence-electron chi connectivity index (χ1n) is 6.82. The number of carbonyl (C=O) groups is 1. The SMILES string of the molecule is CC(C)C(C)NC(=O)Cn1cnc2cc(Br)ccc2c1=O. The van der Waals surface area contributed by atoms with E-state index in [4.69, 9.17) is 0 Å². The number of benzene rings is 1. The van der Waals surface area contributed by atoms with Crippen LogP contribution in [0.3, 0.4) is 0 Å². The van der Waals surface area contributed by atoms with E-state index in [0.717, 1.165) is 4.47 Å². The molecule has 0 saturated carbocycles. The summed E-state index contributed by atoms with van der Waals surface area (Å²) in [6.45, 7) is 6.00. The van der Waals surface area contributed by atoms with Gasteiger partial charge in [-0.05, 0) is 31.0 Å². The summed E-state index contributed by atoms with van der Waals surface area (Å²) in [5, 5.41) is 3.38. The van der Waals surface area contributed by atoms with Crippen LogP contribution in [-0.4, -0.2) is 21.5 Å². The van der Waals surface area contributed by atoms with E-state index in [0.29, 0.717) is 16.8 Å². The Balaban J connectivity index is 2.23. The molecule has 1 heterocycles. The molecule has 1 aromatic heterocycles. The first-order chi connectivity index (χ1) is 9.88. The Bertz CT molecular complexity index is 724. The third-order valence-electron chi connectivity index (χ3n) is 3.49. The lowest BCUT2D eigenvalue weighted by Gasteiger charge is -2.17. The Labute approximate surface area is 131 Å². The lowest BCUT2D eigenvalue weighted by Crippen LogP contribution is -2.39. The van der Waals surface area contributed by atoms with Crippen LogP contribution in [-0.2, 0) is 11.3 Å². The molecule has 0 aliphatic carbocycles. The van der Waals surface area contributed by atoms with Gasteiger partial charge in [-0.15, -0.1) is 0 Å². The molecule has 0 fully saturated rings. The number of amides is 1. The molecule has 0 bridgehead atoms. The first kappa shape index (κ1) is 15.7. The summed E-state index contributed by atoms with van der Waals surface area (Å²) in [5.74, 6) is 0.161. The number of nitrogens with zero attached hydrogens (tertiary/aromatic N) is 2. The van der Waals surface area contributed by atoms with Gasteiger partial charge in [-0.2, -0.15) is 0 Å². The average molecular weight is 352 g/mol. The highest BCUT2D eigenvalue weighted by Crippen LogP contribution is 2.14. The highest BCUT2D eigenvalue weighted by Gasteiger charge is 2.12. The summed E-state index contributed by atoms with van der Waals surface area (Å²) in [6.07, 6.45) is 1.41. The highest BCUT2D eigenvalue weighted by molar-refractivity contribution is 9.10. The topological polar surface area (TPSA) is 64.0 Å². The van der Waals surface area contributed by atoms with Crippen molar-refractivity contribution in [3.8, 4) is 0 Å². The van der Waals surface area contributed by atoms with Gasteiger partial charge in [0.1, 0.15) is 6.54 Å². The Hall–Kier alpha value is -1.69. The van der Waals surface area contributed by atoms with Gasteiger partial charge in [0.15, 0.2) is 0 Å². The summed E-state index contributed by atoms with van der Waals surface area (Å²) in [5.41, 5.74) is 0.404. The van der Waals surface area contributed by atoms with E-state index < -0.39 is 0 Å². The third-order valence-corrected chi connectivity index (χ3v) is 3.98. The van der Waals surface area contributed by atoms with Crippen LogP contribution < -0.4 is 10.9 Å². The van der Waals surface area contributed by atoms with E-state index in [1.165, 1.54) is 10.9 Å². The first-order valence-corrected chi connectivity index (χ1v) is 7.62. The molecule has 0 radical (unpaired) electrons. The average Bonchev–Trinajstić information content (AvgIpc) is 2.41. The molecule has 21 heavy (non-hydrogen) atoms. The number of fused-ring (bicyclic) bond motifs is 1. The zero-order valence-corrected chi connectivity index (χ0v) is 13.8. The maximum absolute atomic E-state index is 12.3. The number of hydrogen-bond donors (Lipinski definition) is 1. The second-order valence-corrected chi connectivity index (χ2v) is 6.35. The van der Waals surface area contributed by atoms with Crippen LogP contribution in [0.25, 0.3) is 10.9 Å². The van der Waals surface area contributed by atoms with Crippen LogP contribution in [0, 0.1) is 5.92 Å². The molecule has 1 N–H and O–H groups in total. The Morgan fingerprint density at radius 1 is 1.38 bits per heavy atom. The van der Waals surface area contributed by atoms with E-state index in [2.05, 4.69) is 26.2 Å². The molecule has 6 heteroatoms. The second kappa shape index (κ2) is 6.39. The molecule has 1 amide bonds. The van der Waals surface area contributed by atoms with Crippen molar-refractivity contribution in [1.82, 2.24) is 14.9 Å². The number of hydrogen-bond acceptors (Lipinski definition) is 3. The number of nitrogens with one attached hydrogen (secondary N) is 1. The molecule has 1 unspecified atom stereocenters. The minimum absolute atomic E-state index is 0.0190. The van der Waals surface area contributed by atoms with E-state index in [1.807, 2.05) is 20.8 Å². The zero-order chi connectivity index (χ0) is 15.6. The predicted octanol–water partition coefficient (Wildman–Crippen LogP) is 2.32. The monoisotopic (exact) mass is 351 g/mol. The predicted molar refractivity (Wildman–Crippen MR) is 86.1 cm³/mol. The number of aromatic nitrogens is 2. The van der Waals surface area contributed by atoms with Crippen LogP contribution in [0.2, 0.25) is 0 Å². The largest absolute Gasteiger partial charge is 0.352 e. The van der Waals surface area contributed by atoms with Crippen molar-refractivity contribution in [2.24, 2.45) is 5.92 Å². The quantitative estimate of drug-likeness (QED) is 0.919. The summed E-state index contributed by atoms with van der Waals surface area (Å²) in [4.78, 5) is 28.5. The van der Waals surface area contributed by atoms with Crippen molar-refractivity contribution in [3.05, 3.63) is 39.4 Å². The third kappa shape index (κ3) is 3.69. The second-order valence-electron chi connectivity index (χ2n) is 5.44. The highest BCUT2D eigenvalue weighted by atomic mass is 79.9. The van der Waals surface area contributed by atoms with E-state index in [1.54, 1.807) is 18.2 Å². The molecule has 5 nitrogen and oxygen atoms in total. The number of rotatable bonds is 4. The minimum Gasteiger partial charge on any atom is -0.352 e. The van der Waals surface area contributed by atoms with E-state index >= 15 is 0 Å². The fraction of sp³-hybridized carbons (Fsp3) is 0.400. The van der Waals surface area contributed by atoms with Crippen LogP contribution in [0.1, 0.15) is 20.8 Å². The molecular formula is C15H18BrN3O2. The van der Waals surface area contributed by atoms with E-state index in [-0.39, 0.29) is 24.1 Å². The molecule has 1 aromatic carbocycles. The molecule has 1 atom stereocenters. The van der Waals surface area contributed by atoms with Gasteiger partial charge < -0.3 is 5.32 Å². The lowest BCUT2D eigenvalue weighted by molar-refractivity contribution is -0.122. The van der Waals surface area contributed by atoms with Gasteiger partial charge >= 0.3 is 0 Å². The Morgan fingerprint density at radius 2 is 2.10 bits per heavy atom. The summed E-state index contributed by atoms with van der Waals surface area (Å²) in [7, 11) is 0.